The molecule has 8 heteroatoms. The van der Waals surface area contributed by atoms with Crippen LogP contribution in [0.15, 0.2) is 18.2 Å². The molecule has 0 spiro atoms. The van der Waals surface area contributed by atoms with Crippen molar-refractivity contribution in [2.75, 3.05) is 11.9 Å². The summed E-state index contributed by atoms with van der Waals surface area (Å²) in [5.74, 6) is -0.585. The topological polar surface area (TPSA) is 88.2 Å². The molecule has 5 nitrogen and oxygen atoms in total. The molecule has 0 heterocycles. The average molecular weight is 303 g/mol. The third-order valence-corrected chi connectivity index (χ3v) is 2.41. The van der Waals surface area contributed by atoms with Gasteiger partial charge in [0.25, 0.3) is 0 Å². The summed E-state index contributed by atoms with van der Waals surface area (Å²) in [6, 6.07) is 2.97. The maximum Gasteiger partial charge on any atom is 0.417 e. The lowest BCUT2D eigenvalue weighted by atomic mass is 10.1. The summed E-state index contributed by atoms with van der Waals surface area (Å²) in [5, 5.41) is 9.35. The molecule has 0 aliphatic heterocycles. The van der Waals surface area contributed by atoms with Gasteiger partial charge in [-0.2, -0.15) is 13.2 Å². The normalized spacial score (nSPS) is 11.3. The fourth-order valence-electron chi connectivity index (χ4n) is 1.49. The number of rotatable bonds is 4. The second-order valence-electron chi connectivity index (χ2n) is 4.79. The lowest BCUT2D eigenvalue weighted by Crippen LogP contribution is -2.20. The number of amides is 1. The number of halogens is 3. The fraction of sp³-hybridized carbons (Fsp3) is 0.385. The second-order valence-corrected chi connectivity index (χ2v) is 4.79. The largest absolute Gasteiger partial charge is 0.449 e. The highest BCUT2D eigenvalue weighted by atomic mass is 19.4. The van der Waals surface area contributed by atoms with Gasteiger partial charge in [0.1, 0.15) is 5.84 Å². The highest BCUT2D eigenvalue weighted by molar-refractivity contribution is 5.97. The summed E-state index contributed by atoms with van der Waals surface area (Å²) in [7, 11) is 0. The van der Waals surface area contributed by atoms with Crippen LogP contribution in [0.2, 0.25) is 0 Å². The minimum absolute atomic E-state index is 0.0823. The van der Waals surface area contributed by atoms with Gasteiger partial charge in [-0.15, -0.1) is 0 Å². The molecule has 0 saturated heterocycles. The lowest BCUT2D eigenvalue weighted by molar-refractivity contribution is -0.137. The summed E-state index contributed by atoms with van der Waals surface area (Å²) in [6.45, 7) is 3.82. The van der Waals surface area contributed by atoms with Crippen LogP contribution in [0.5, 0.6) is 0 Å². The maximum atomic E-state index is 12.9. The van der Waals surface area contributed by atoms with E-state index >= 15 is 0 Å². The average Bonchev–Trinajstić information content (AvgIpc) is 2.35. The van der Waals surface area contributed by atoms with Crippen molar-refractivity contribution in [2.45, 2.75) is 20.0 Å². The van der Waals surface area contributed by atoms with E-state index < -0.39 is 29.2 Å². The van der Waals surface area contributed by atoms with Crippen molar-refractivity contribution in [1.29, 1.82) is 5.41 Å². The number of benzene rings is 1. The van der Waals surface area contributed by atoms with Gasteiger partial charge < -0.3 is 10.5 Å². The van der Waals surface area contributed by atoms with Crippen molar-refractivity contribution in [3.8, 4) is 0 Å². The SMILES string of the molecule is CC(C)COC(=O)Nc1ccc(C(=N)N)c(C(F)(F)F)c1. The zero-order chi connectivity index (χ0) is 16.2. The molecule has 1 aromatic carbocycles. The molecule has 0 radical (unpaired) electrons. The predicted octanol–water partition coefficient (Wildman–Crippen LogP) is 3.19. The smallest absolute Gasteiger partial charge is 0.417 e. The molecule has 0 aliphatic rings. The van der Waals surface area contributed by atoms with Crippen molar-refractivity contribution in [3.63, 3.8) is 0 Å². The van der Waals surface area contributed by atoms with Gasteiger partial charge in [0.05, 0.1) is 12.2 Å². The number of nitrogen functional groups attached to an aromatic ring is 1. The molecule has 21 heavy (non-hydrogen) atoms. The maximum absolute atomic E-state index is 12.9. The number of carbonyl (C=O) groups is 1. The number of amidine groups is 1. The Balaban J connectivity index is 2.96. The Hall–Kier alpha value is -2.25. The van der Waals surface area contributed by atoms with Crippen LogP contribution in [-0.2, 0) is 10.9 Å². The van der Waals surface area contributed by atoms with Crippen LogP contribution < -0.4 is 11.1 Å². The Morgan fingerprint density at radius 3 is 2.52 bits per heavy atom. The summed E-state index contributed by atoms with van der Waals surface area (Å²) >= 11 is 0. The van der Waals surface area contributed by atoms with E-state index in [0.717, 1.165) is 6.07 Å². The zero-order valence-corrected chi connectivity index (χ0v) is 11.5. The predicted molar refractivity (Wildman–Crippen MR) is 72.3 cm³/mol. The van der Waals surface area contributed by atoms with Gasteiger partial charge in [-0.1, -0.05) is 13.8 Å². The highest BCUT2D eigenvalue weighted by Crippen LogP contribution is 2.33. The first kappa shape index (κ1) is 16.8. The third-order valence-electron chi connectivity index (χ3n) is 2.41. The molecule has 1 amide bonds. The Labute approximate surface area is 119 Å². The van der Waals surface area contributed by atoms with E-state index in [1.54, 1.807) is 0 Å². The van der Waals surface area contributed by atoms with Gasteiger partial charge in [-0.05, 0) is 24.1 Å². The van der Waals surface area contributed by atoms with Gasteiger partial charge in [0.2, 0.25) is 0 Å². The quantitative estimate of drug-likeness (QED) is 0.589. The van der Waals surface area contributed by atoms with Crippen LogP contribution in [0.25, 0.3) is 0 Å². The molecular weight excluding hydrogens is 287 g/mol. The summed E-state index contributed by atoms with van der Waals surface area (Å²) < 4.78 is 43.5. The number of anilines is 1. The second kappa shape index (κ2) is 6.47. The zero-order valence-electron chi connectivity index (χ0n) is 11.5. The molecule has 4 N–H and O–H groups in total. The van der Waals surface area contributed by atoms with E-state index in [2.05, 4.69) is 5.32 Å². The summed E-state index contributed by atoms with van der Waals surface area (Å²) in [6.07, 6.45) is -5.52. The monoisotopic (exact) mass is 303 g/mol. The number of hydrogen-bond acceptors (Lipinski definition) is 3. The van der Waals surface area contributed by atoms with Gasteiger partial charge in [-0.3, -0.25) is 10.7 Å². The van der Waals surface area contributed by atoms with E-state index in [1.165, 1.54) is 6.07 Å². The van der Waals surface area contributed by atoms with Gasteiger partial charge >= 0.3 is 12.3 Å². The Bertz CT molecular complexity index is 542. The van der Waals surface area contributed by atoms with Crippen LogP contribution >= 0.6 is 0 Å². The van der Waals surface area contributed by atoms with E-state index in [0.29, 0.717) is 6.07 Å². The third kappa shape index (κ3) is 4.97. The highest BCUT2D eigenvalue weighted by Gasteiger charge is 2.34. The molecule has 0 fully saturated rings. The van der Waals surface area contributed by atoms with Crippen LogP contribution in [-0.4, -0.2) is 18.5 Å². The first-order chi connectivity index (χ1) is 9.61. The van der Waals surface area contributed by atoms with E-state index in [-0.39, 0.29) is 18.2 Å². The van der Waals surface area contributed by atoms with Crippen molar-refractivity contribution in [3.05, 3.63) is 29.3 Å². The van der Waals surface area contributed by atoms with Crippen molar-refractivity contribution in [1.82, 2.24) is 0 Å². The van der Waals surface area contributed by atoms with Gasteiger partial charge in [0, 0.05) is 11.3 Å². The molecule has 0 bridgehead atoms. The van der Waals surface area contributed by atoms with Crippen LogP contribution in [0.1, 0.15) is 25.0 Å². The van der Waals surface area contributed by atoms with Crippen molar-refractivity contribution < 1.29 is 22.7 Å². The molecular formula is C13H16F3N3O2. The number of alkyl halides is 3. The standard InChI is InChI=1S/C13H16F3N3O2/c1-7(2)6-21-12(20)19-8-3-4-9(11(17)18)10(5-8)13(14,15)16/h3-5,7H,6H2,1-2H3,(H3,17,18)(H,19,20). The number of ether oxygens (including phenoxy) is 1. The molecule has 0 aliphatic carbocycles. The number of hydrogen-bond donors (Lipinski definition) is 3. The molecule has 0 atom stereocenters. The molecule has 1 rings (SSSR count). The van der Waals surface area contributed by atoms with E-state index in [1.807, 2.05) is 13.8 Å². The fourth-order valence-corrected chi connectivity index (χ4v) is 1.49. The van der Waals surface area contributed by atoms with Crippen molar-refractivity contribution >= 4 is 17.6 Å². The number of carbonyl (C=O) groups excluding carboxylic acids is 1. The number of nitrogens with one attached hydrogen (secondary N) is 2. The minimum Gasteiger partial charge on any atom is -0.449 e. The van der Waals surface area contributed by atoms with Gasteiger partial charge in [-0.25, -0.2) is 4.79 Å². The molecule has 116 valence electrons. The molecule has 0 unspecified atom stereocenters. The first-order valence-electron chi connectivity index (χ1n) is 6.10. The Morgan fingerprint density at radius 2 is 2.05 bits per heavy atom. The minimum atomic E-state index is -4.68. The lowest BCUT2D eigenvalue weighted by Gasteiger charge is -2.14. The first-order valence-corrected chi connectivity index (χ1v) is 6.10. The number of nitrogens with two attached hydrogens (primary N) is 1. The molecule has 0 aromatic heterocycles. The summed E-state index contributed by atoms with van der Waals surface area (Å²) in [5.41, 5.74) is 3.50. The van der Waals surface area contributed by atoms with Crippen molar-refractivity contribution in [2.24, 2.45) is 11.7 Å². The molecule has 1 aromatic rings. The van der Waals surface area contributed by atoms with Crippen LogP contribution in [0, 0.1) is 11.3 Å². The van der Waals surface area contributed by atoms with Gasteiger partial charge in [0.15, 0.2) is 0 Å². The Kier molecular flexibility index (Phi) is 5.17. The van der Waals surface area contributed by atoms with Crippen LogP contribution in [0.4, 0.5) is 23.7 Å². The molecule has 0 saturated carbocycles. The van der Waals surface area contributed by atoms with Crippen LogP contribution in [0.3, 0.4) is 0 Å². The Morgan fingerprint density at radius 1 is 1.43 bits per heavy atom. The van der Waals surface area contributed by atoms with E-state index in [4.69, 9.17) is 15.9 Å². The summed E-state index contributed by atoms with van der Waals surface area (Å²) in [4.78, 5) is 11.4. The van der Waals surface area contributed by atoms with E-state index in [9.17, 15) is 18.0 Å².